The number of nitrogens with zero attached hydrogens (tertiary/aromatic N) is 4. The van der Waals surface area contributed by atoms with Gasteiger partial charge in [0.15, 0.2) is 5.82 Å². The lowest BCUT2D eigenvalue weighted by Gasteiger charge is -2.53. The highest BCUT2D eigenvalue weighted by Crippen LogP contribution is 2.43. The molecule has 4 unspecified atom stereocenters. The Balaban J connectivity index is 1.53. The number of halogens is 1. The van der Waals surface area contributed by atoms with Crippen molar-refractivity contribution in [2.24, 2.45) is 5.92 Å². The molecule has 2 aromatic heterocycles. The van der Waals surface area contributed by atoms with Crippen molar-refractivity contribution in [3.05, 3.63) is 66.1 Å². The topological polar surface area (TPSA) is 77.4 Å². The van der Waals surface area contributed by atoms with Crippen LogP contribution in [-0.4, -0.2) is 57.7 Å². The number of amides is 1. The zero-order chi connectivity index (χ0) is 23.7. The fourth-order valence-corrected chi connectivity index (χ4v) is 5.27. The molecule has 1 amide bonds. The second-order valence-corrected chi connectivity index (χ2v) is 8.86. The molecule has 3 aliphatic rings. The smallest absolute Gasteiger partial charge is 0.259 e. The van der Waals surface area contributed by atoms with Gasteiger partial charge in [-0.1, -0.05) is 18.2 Å². The fraction of sp³-hybridized carbons (Fsp3) is 0.385. The summed E-state index contributed by atoms with van der Waals surface area (Å²) in [6.07, 6.45) is 7.06. The molecule has 176 valence electrons. The Morgan fingerprint density at radius 2 is 1.94 bits per heavy atom. The Labute approximate surface area is 198 Å². The Kier molecular flexibility index (Phi) is 6.13. The van der Waals surface area contributed by atoms with Gasteiger partial charge in [-0.05, 0) is 49.8 Å². The number of hydrogen-bond donors (Lipinski definition) is 0. The van der Waals surface area contributed by atoms with Crippen LogP contribution in [0.25, 0.3) is 11.4 Å². The van der Waals surface area contributed by atoms with Gasteiger partial charge in [0.25, 0.3) is 5.91 Å². The molecule has 1 aliphatic carbocycles. The summed E-state index contributed by atoms with van der Waals surface area (Å²) in [5.41, 5.74) is 1.94. The summed E-state index contributed by atoms with van der Waals surface area (Å²) in [4.78, 5) is 28.8. The number of benzene rings is 1. The fourth-order valence-electron chi connectivity index (χ4n) is 5.27. The van der Waals surface area contributed by atoms with Crippen molar-refractivity contribution in [1.29, 1.82) is 0 Å². The summed E-state index contributed by atoms with van der Waals surface area (Å²) in [6.45, 7) is 1.36. The summed E-state index contributed by atoms with van der Waals surface area (Å²) in [5, 5.41) is 0. The van der Waals surface area contributed by atoms with E-state index in [-0.39, 0.29) is 24.0 Å². The van der Waals surface area contributed by atoms with Crippen LogP contribution in [0, 0.1) is 12.8 Å². The number of hydrogen-bond acceptors (Lipinski definition) is 6. The molecule has 8 heteroatoms. The number of rotatable bonds is 6. The summed E-state index contributed by atoms with van der Waals surface area (Å²) in [6, 6.07) is 10.0. The highest BCUT2D eigenvalue weighted by molar-refractivity contribution is 6.03. The van der Waals surface area contributed by atoms with Gasteiger partial charge in [-0.15, -0.1) is 0 Å². The number of pyridine rings is 1. The van der Waals surface area contributed by atoms with Crippen molar-refractivity contribution in [2.45, 2.75) is 44.4 Å². The van der Waals surface area contributed by atoms with Gasteiger partial charge < -0.3 is 14.4 Å². The Bertz CT molecular complexity index is 1160. The van der Waals surface area contributed by atoms with E-state index in [0.717, 1.165) is 18.4 Å². The lowest BCUT2D eigenvalue weighted by molar-refractivity contribution is -0.0704. The molecule has 0 N–H and O–H groups in total. The highest BCUT2D eigenvalue weighted by atomic mass is 19.1. The molecule has 34 heavy (non-hydrogen) atoms. The summed E-state index contributed by atoms with van der Waals surface area (Å²) in [7, 11) is 1.52. The third-order valence-electron chi connectivity index (χ3n) is 6.87. The SMILES string of the molecule is COc1cccc(-c2ncccn2)c1C(=O)N1C(CF)C2CCC1C(Oc1ccc(C)cn1)C2. The number of fused-ring (bicyclic) bond motifs is 3. The summed E-state index contributed by atoms with van der Waals surface area (Å²) >= 11 is 0. The highest BCUT2D eigenvalue weighted by Gasteiger charge is 2.51. The van der Waals surface area contributed by atoms with Crippen molar-refractivity contribution < 1.29 is 18.7 Å². The third-order valence-corrected chi connectivity index (χ3v) is 6.87. The standard InChI is InChI=1S/C26H27FN4O3/c1-16-7-10-23(30-15-16)34-22-13-17-8-9-19(22)31(20(17)14-27)26(32)24-18(5-3-6-21(24)33-2)25-28-11-4-12-29-25/h3-7,10-12,15,17,19-20,22H,8-9,13-14H2,1-2H3. The second-order valence-electron chi connectivity index (χ2n) is 8.86. The molecule has 0 spiro atoms. The predicted molar refractivity (Wildman–Crippen MR) is 124 cm³/mol. The van der Waals surface area contributed by atoms with Crippen LogP contribution in [0.4, 0.5) is 4.39 Å². The van der Waals surface area contributed by atoms with Gasteiger partial charge in [-0.25, -0.2) is 19.3 Å². The number of aryl methyl sites for hydroxylation is 1. The Morgan fingerprint density at radius 1 is 1.12 bits per heavy atom. The maximum Gasteiger partial charge on any atom is 0.259 e. The van der Waals surface area contributed by atoms with Crippen LogP contribution in [0.2, 0.25) is 0 Å². The molecule has 3 fully saturated rings. The molecular weight excluding hydrogens is 435 g/mol. The molecule has 2 bridgehead atoms. The first-order chi connectivity index (χ1) is 16.6. The van der Waals surface area contributed by atoms with Crippen molar-refractivity contribution in [3.8, 4) is 23.0 Å². The number of aromatic nitrogens is 3. The zero-order valence-corrected chi connectivity index (χ0v) is 19.2. The maximum atomic E-state index is 14.4. The molecule has 7 nitrogen and oxygen atoms in total. The van der Waals surface area contributed by atoms with Gasteiger partial charge in [0.05, 0.1) is 24.8 Å². The van der Waals surface area contributed by atoms with Gasteiger partial charge in [0.1, 0.15) is 18.5 Å². The predicted octanol–water partition coefficient (Wildman–Crippen LogP) is 4.27. The number of ether oxygens (including phenoxy) is 2. The number of carbonyl (C=O) groups excluding carboxylic acids is 1. The zero-order valence-electron chi connectivity index (χ0n) is 19.2. The van der Waals surface area contributed by atoms with Crippen LogP contribution in [-0.2, 0) is 0 Å². The molecule has 0 radical (unpaired) electrons. The van der Waals surface area contributed by atoms with E-state index >= 15 is 0 Å². The lowest BCUT2D eigenvalue weighted by atomic mass is 9.72. The number of alkyl halides is 1. The van der Waals surface area contributed by atoms with Crippen LogP contribution < -0.4 is 9.47 Å². The number of carbonyl (C=O) groups is 1. The maximum absolute atomic E-state index is 14.4. The van der Waals surface area contributed by atoms with E-state index in [1.54, 1.807) is 47.8 Å². The van der Waals surface area contributed by atoms with Gasteiger partial charge in [-0.2, -0.15) is 0 Å². The minimum Gasteiger partial charge on any atom is -0.496 e. The summed E-state index contributed by atoms with van der Waals surface area (Å²) in [5.74, 6) is 1.07. The largest absolute Gasteiger partial charge is 0.496 e. The normalized spacial score (nSPS) is 23.6. The molecule has 2 saturated heterocycles. The van der Waals surface area contributed by atoms with Crippen LogP contribution in [0.1, 0.15) is 35.2 Å². The van der Waals surface area contributed by atoms with E-state index in [1.807, 2.05) is 19.1 Å². The molecule has 2 aliphatic heterocycles. The van der Waals surface area contributed by atoms with Crippen molar-refractivity contribution in [1.82, 2.24) is 19.9 Å². The van der Waals surface area contributed by atoms with Gasteiger partial charge in [0, 0.05) is 30.2 Å². The first-order valence-electron chi connectivity index (χ1n) is 11.5. The Hall–Kier alpha value is -3.55. The van der Waals surface area contributed by atoms with E-state index in [9.17, 15) is 9.18 Å². The molecule has 1 saturated carbocycles. The molecule has 4 atom stereocenters. The van der Waals surface area contributed by atoms with Crippen molar-refractivity contribution in [2.75, 3.05) is 13.8 Å². The minimum absolute atomic E-state index is 0.0144. The monoisotopic (exact) mass is 462 g/mol. The molecule has 1 aromatic carbocycles. The quantitative estimate of drug-likeness (QED) is 0.545. The number of methoxy groups -OCH3 is 1. The van der Waals surface area contributed by atoms with E-state index in [1.165, 1.54) is 7.11 Å². The van der Waals surface area contributed by atoms with Crippen LogP contribution >= 0.6 is 0 Å². The summed E-state index contributed by atoms with van der Waals surface area (Å²) < 4.78 is 26.2. The van der Waals surface area contributed by atoms with E-state index in [0.29, 0.717) is 35.0 Å². The number of piperidine rings is 2. The third kappa shape index (κ3) is 3.97. The Morgan fingerprint density at radius 3 is 2.65 bits per heavy atom. The molecule has 3 aromatic rings. The van der Waals surface area contributed by atoms with E-state index in [2.05, 4.69) is 15.0 Å². The first-order valence-corrected chi connectivity index (χ1v) is 11.5. The van der Waals surface area contributed by atoms with Crippen molar-refractivity contribution in [3.63, 3.8) is 0 Å². The lowest BCUT2D eigenvalue weighted by Crippen LogP contribution is -2.65. The van der Waals surface area contributed by atoms with E-state index in [4.69, 9.17) is 9.47 Å². The van der Waals surface area contributed by atoms with Gasteiger partial charge in [-0.3, -0.25) is 4.79 Å². The van der Waals surface area contributed by atoms with E-state index < -0.39 is 12.7 Å². The van der Waals surface area contributed by atoms with Gasteiger partial charge >= 0.3 is 0 Å². The van der Waals surface area contributed by atoms with Crippen LogP contribution in [0.5, 0.6) is 11.6 Å². The average Bonchev–Trinajstić information content (AvgIpc) is 2.89. The van der Waals surface area contributed by atoms with Crippen LogP contribution in [0.3, 0.4) is 0 Å². The van der Waals surface area contributed by atoms with Crippen LogP contribution in [0.15, 0.2) is 55.0 Å². The van der Waals surface area contributed by atoms with Gasteiger partial charge in [0.2, 0.25) is 5.88 Å². The molecule has 6 rings (SSSR count). The van der Waals surface area contributed by atoms with Crippen molar-refractivity contribution >= 4 is 5.91 Å². The second kappa shape index (κ2) is 9.37. The molecular formula is C26H27FN4O3. The molecule has 4 heterocycles. The average molecular weight is 463 g/mol. The first kappa shape index (κ1) is 22.3. The minimum atomic E-state index is -0.602.